The lowest BCUT2D eigenvalue weighted by Gasteiger charge is -2.08. The van der Waals surface area contributed by atoms with Gasteiger partial charge in [-0.3, -0.25) is 4.99 Å². The molecule has 0 saturated carbocycles. The maximum absolute atomic E-state index is 4.50. The Labute approximate surface area is 155 Å². The Morgan fingerprint density at radius 1 is 0.680 bits per heavy atom. The van der Waals surface area contributed by atoms with Crippen LogP contribution in [-0.4, -0.2) is 6.72 Å². The molecule has 0 spiro atoms. The number of nitrogens with zero attached hydrogens (tertiary/aromatic N) is 3. The summed E-state index contributed by atoms with van der Waals surface area (Å²) < 4.78 is 1.00. The van der Waals surface area contributed by atoms with E-state index in [4.69, 9.17) is 0 Å². The van der Waals surface area contributed by atoms with Gasteiger partial charge in [-0.2, -0.15) is 5.11 Å². The smallest absolute Gasteiger partial charge is 0.119 e. The number of aliphatic imine (C=N–C) groups is 1. The van der Waals surface area contributed by atoms with Crippen molar-refractivity contribution in [1.29, 1.82) is 0 Å². The monoisotopic (exact) mass is 389 g/mol. The highest BCUT2D eigenvalue weighted by atomic mass is 79.9. The van der Waals surface area contributed by atoms with E-state index in [0.29, 0.717) is 11.4 Å². The van der Waals surface area contributed by atoms with Crippen LogP contribution in [0.4, 0.5) is 5.69 Å². The Balaban J connectivity index is 2.11. The number of azo groups is 1. The molecule has 0 saturated heterocycles. The molecule has 0 N–H and O–H groups in total. The zero-order valence-electron chi connectivity index (χ0n) is 13.5. The van der Waals surface area contributed by atoms with Gasteiger partial charge in [-0.1, -0.05) is 76.6 Å². The second-order valence-electron chi connectivity index (χ2n) is 5.26. The Kier molecular flexibility index (Phi) is 5.65. The highest BCUT2D eigenvalue weighted by Crippen LogP contribution is 2.30. The van der Waals surface area contributed by atoms with E-state index in [9.17, 15) is 0 Å². The minimum absolute atomic E-state index is 0.685. The average molecular weight is 390 g/mol. The largest absolute Gasteiger partial charge is 0.262 e. The van der Waals surface area contributed by atoms with Crippen molar-refractivity contribution < 1.29 is 0 Å². The highest BCUT2D eigenvalue weighted by molar-refractivity contribution is 9.10. The lowest BCUT2D eigenvalue weighted by Crippen LogP contribution is -1.88. The van der Waals surface area contributed by atoms with E-state index in [1.54, 1.807) is 0 Å². The number of rotatable bonds is 5. The first-order valence-corrected chi connectivity index (χ1v) is 8.56. The Hall–Kier alpha value is -2.85. The Morgan fingerprint density at radius 3 is 1.72 bits per heavy atom. The fourth-order valence-corrected chi connectivity index (χ4v) is 2.62. The summed E-state index contributed by atoms with van der Waals surface area (Å²) in [5.74, 6) is 0. The van der Waals surface area contributed by atoms with Crippen LogP contribution in [0.5, 0.6) is 0 Å². The summed E-state index contributed by atoms with van der Waals surface area (Å²) in [4.78, 5) is 4.23. The van der Waals surface area contributed by atoms with Crippen LogP contribution >= 0.6 is 15.9 Å². The van der Waals surface area contributed by atoms with Gasteiger partial charge in [0, 0.05) is 15.6 Å². The lowest BCUT2D eigenvalue weighted by atomic mass is 10.1. The summed E-state index contributed by atoms with van der Waals surface area (Å²) in [6.07, 6.45) is 0. The van der Waals surface area contributed by atoms with Crippen molar-refractivity contribution in [2.75, 3.05) is 0 Å². The van der Waals surface area contributed by atoms with Gasteiger partial charge >= 0.3 is 0 Å². The van der Waals surface area contributed by atoms with Crippen LogP contribution < -0.4 is 0 Å². The zero-order chi connectivity index (χ0) is 17.5. The molecule has 0 heterocycles. The van der Waals surface area contributed by atoms with Crippen molar-refractivity contribution in [2.24, 2.45) is 15.2 Å². The summed E-state index contributed by atoms with van der Waals surface area (Å²) >= 11 is 3.42. The molecule has 0 aliphatic heterocycles. The standard InChI is InChI=1S/C21H16BrN3/c1-23-20(16-8-4-2-5-9-16)21(17-10-6-3-7-11-17)25-24-19-14-12-18(22)13-15-19/h2-15H,1H2/b21-20-,25-24?. The summed E-state index contributed by atoms with van der Waals surface area (Å²) in [6.45, 7) is 3.73. The van der Waals surface area contributed by atoms with Crippen LogP contribution in [0.25, 0.3) is 11.4 Å². The van der Waals surface area contributed by atoms with Crippen molar-refractivity contribution in [1.82, 2.24) is 0 Å². The van der Waals surface area contributed by atoms with Gasteiger partial charge in [0.05, 0.1) is 11.4 Å². The molecule has 25 heavy (non-hydrogen) atoms. The van der Waals surface area contributed by atoms with Gasteiger partial charge in [0.25, 0.3) is 0 Å². The predicted octanol–water partition coefficient (Wildman–Crippen LogP) is 6.76. The van der Waals surface area contributed by atoms with E-state index in [-0.39, 0.29) is 0 Å². The molecule has 0 amide bonds. The van der Waals surface area contributed by atoms with Gasteiger partial charge in [-0.15, -0.1) is 5.11 Å². The molecule has 3 rings (SSSR count). The predicted molar refractivity (Wildman–Crippen MR) is 108 cm³/mol. The van der Waals surface area contributed by atoms with Crippen molar-refractivity contribution in [3.63, 3.8) is 0 Å². The number of hydrogen-bond acceptors (Lipinski definition) is 3. The van der Waals surface area contributed by atoms with Crippen molar-refractivity contribution in [3.8, 4) is 0 Å². The van der Waals surface area contributed by atoms with E-state index >= 15 is 0 Å². The van der Waals surface area contributed by atoms with Gasteiger partial charge in [0.15, 0.2) is 0 Å². The van der Waals surface area contributed by atoms with Crippen molar-refractivity contribution >= 4 is 39.7 Å². The molecule has 0 atom stereocenters. The molecule has 3 aromatic rings. The summed E-state index contributed by atoms with van der Waals surface area (Å²) in [6, 6.07) is 27.4. The average Bonchev–Trinajstić information content (AvgIpc) is 2.68. The summed E-state index contributed by atoms with van der Waals surface area (Å²) in [7, 11) is 0. The maximum atomic E-state index is 4.50. The second-order valence-corrected chi connectivity index (χ2v) is 6.18. The molecule has 0 aromatic heterocycles. The van der Waals surface area contributed by atoms with Crippen molar-refractivity contribution in [2.45, 2.75) is 0 Å². The maximum Gasteiger partial charge on any atom is 0.119 e. The van der Waals surface area contributed by atoms with Gasteiger partial charge in [-0.25, -0.2) is 0 Å². The first-order chi connectivity index (χ1) is 12.3. The lowest BCUT2D eigenvalue weighted by molar-refractivity contribution is 1.23. The SMILES string of the molecule is C=N/C(=C(\N=Nc1ccc(Br)cc1)c1ccccc1)c1ccccc1. The van der Waals surface area contributed by atoms with Crippen LogP contribution in [0.2, 0.25) is 0 Å². The third-order valence-corrected chi connectivity index (χ3v) is 4.10. The van der Waals surface area contributed by atoms with E-state index in [2.05, 4.69) is 37.9 Å². The molecule has 0 fully saturated rings. The molecule has 0 aliphatic rings. The zero-order valence-corrected chi connectivity index (χ0v) is 15.1. The first-order valence-electron chi connectivity index (χ1n) is 7.77. The molecule has 3 aromatic carbocycles. The minimum Gasteiger partial charge on any atom is -0.262 e. The molecule has 0 radical (unpaired) electrons. The van der Waals surface area contributed by atoms with Crippen LogP contribution in [0.15, 0.2) is 105 Å². The molecular formula is C21H16BrN3. The van der Waals surface area contributed by atoms with E-state index in [1.807, 2.05) is 84.9 Å². The third kappa shape index (κ3) is 4.37. The number of halogens is 1. The van der Waals surface area contributed by atoms with Crippen LogP contribution in [0, 0.1) is 0 Å². The van der Waals surface area contributed by atoms with Gasteiger partial charge < -0.3 is 0 Å². The molecule has 3 nitrogen and oxygen atoms in total. The molecule has 0 bridgehead atoms. The number of benzene rings is 3. The van der Waals surface area contributed by atoms with Crippen LogP contribution in [0.3, 0.4) is 0 Å². The van der Waals surface area contributed by atoms with Crippen LogP contribution in [0.1, 0.15) is 11.1 Å². The highest BCUT2D eigenvalue weighted by Gasteiger charge is 2.10. The molecule has 122 valence electrons. The van der Waals surface area contributed by atoms with E-state index in [0.717, 1.165) is 21.3 Å². The topological polar surface area (TPSA) is 37.1 Å². The van der Waals surface area contributed by atoms with Gasteiger partial charge in [0.2, 0.25) is 0 Å². The summed E-state index contributed by atoms with van der Waals surface area (Å²) in [5, 5.41) is 8.87. The molecule has 4 heteroatoms. The van der Waals surface area contributed by atoms with E-state index in [1.165, 1.54) is 0 Å². The van der Waals surface area contributed by atoms with E-state index < -0.39 is 0 Å². The van der Waals surface area contributed by atoms with Gasteiger partial charge in [-0.05, 0) is 31.0 Å². The first kappa shape index (κ1) is 17.0. The van der Waals surface area contributed by atoms with Crippen LogP contribution in [-0.2, 0) is 0 Å². The van der Waals surface area contributed by atoms with Crippen molar-refractivity contribution in [3.05, 3.63) is 101 Å². The third-order valence-electron chi connectivity index (χ3n) is 3.57. The quantitative estimate of drug-likeness (QED) is 0.262. The molecule has 0 aliphatic carbocycles. The molecule has 0 unspecified atom stereocenters. The Bertz CT molecular complexity index is 899. The number of hydrogen-bond donors (Lipinski definition) is 0. The molecular weight excluding hydrogens is 374 g/mol. The second kappa shape index (κ2) is 8.31. The minimum atomic E-state index is 0.685. The fourth-order valence-electron chi connectivity index (χ4n) is 2.35. The summed E-state index contributed by atoms with van der Waals surface area (Å²) in [5.41, 5.74) is 4.05. The normalized spacial score (nSPS) is 12.0. The van der Waals surface area contributed by atoms with Gasteiger partial charge in [0.1, 0.15) is 5.70 Å². The fraction of sp³-hybridized carbons (Fsp3) is 0. The Morgan fingerprint density at radius 2 is 1.20 bits per heavy atom.